The van der Waals surface area contributed by atoms with Gasteiger partial charge in [-0.2, -0.15) is 0 Å². The maximum absolute atomic E-state index is 12.3. The van der Waals surface area contributed by atoms with Crippen LogP contribution < -0.4 is 10.3 Å². The Morgan fingerprint density at radius 3 is 2.50 bits per heavy atom. The van der Waals surface area contributed by atoms with Crippen molar-refractivity contribution in [3.63, 3.8) is 0 Å². The fourth-order valence-corrected chi connectivity index (χ4v) is 3.43. The average Bonchev–Trinajstić information content (AvgIpc) is 2.78. The summed E-state index contributed by atoms with van der Waals surface area (Å²) in [7, 11) is 0. The number of aromatic amines is 1. The van der Waals surface area contributed by atoms with E-state index in [2.05, 4.69) is 46.1 Å². The molecule has 0 unspecified atom stereocenters. The van der Waals surface area contributed by atoms with Gasteiger partial charge in [-0.05, 0) is 41.9 Å². The zero-order chi connectivity index (χ0) is 20.8. The van der Waals surface area contributed by atoms with E-state index >= 15 is 0 Å². The molecule has 4 rings (SSSR count). The van der Waals surface area contributed by atoms with E-state index in [0.29, 0.717) is 24.4 Å². The standard InChI is InChI=1S/C25H25N3O2/c1-2-28(17-24-26-23-14-7-6-13-22(23)25(29)27-24)16-20-11-8-12-21(15-20)30-18-19-9-4-3-5-10-19/h3-15H,2,16-18H2,1H3,(H,26,27,29). The molecule has 30 heavy (non-hydrogen) atoms. The highest BCUT2D eigenvalue weighted by atomic mass is 16.5. The van der Waals surface area contributed by atoms with Crippen LogP contribution in [0.15, 0.2) is 83.7 Å². The number of benzene rings is 3. The molecule has 0 fully saturated rings. The van der Waals surface area contributed by atoms with Gasteiger partial charge in [-0.25, -0.2) is 4.98 Å². The van der Waals surface area contributed by atoms with E-state index in [9.17, 15) is 4.79 Å². The predicted molar refractivity (Wildman–Crippen MR) is 119 cm³/mol. The first kappa shape index (κ1) is 19.9. The van der Waals surface area contributed by atoms with Gasteiger partial charge in [-0.3, -0.25) is 9.69 Å². The van der Waals surface area contributed by atoms with Crippen LogP contribution in [0.1, 0.15) is 23.9 Å². The quantitative estimate of drug-likeness (QED) is 0.473. The molecular formula is C25H25N3O2. The van der Waals surface area contributed by atoms with Crippen molar-refractivity contribution >= 4 is 10.9 Å². The number of hydrogen-bond donors (Lipinski definition) is 1. The minimum absolute atomic E-state index is 0.0945. The van der Waals surface area contributed by atoms with Crippen molar-refractivity contribution in [1.29, 1.82) is 0 Å². The lowest BCUT2D eigenvalue weighted by Gasteiger charge is -2.20. The van der Waals surface area contributed by atoms with Crippen molar-refractivity contribution in [3.8, 4) is 5.75 Å². The van der Waals surface area contributed by atoms with Crippen LogP contribution in [-0.2, 0) is 19.7 Å². The normalized spacial score (nSPS) is 11.1. The van der Waals surface area contributed by atoms with Crippen LogP contribution >= 0.6 is 0 Å². The van der Waals surface area contributed by atoms with Gasteiger partial charge in [-0.1, -0.05) is 61.5 Å². The van der Waals surface area contributed by atoms with E-state index in [-0.39, 0.29) is 5.56 Å². The van der Waals surface area contributed by atoms with Crippen molar-refractivity contribution in [2.45, 2.75) is 26.6 Å². The number of rotatable bonds is 8. The second-order valence-corrected chi connectivity index (χ2v) is 7.25. The summed E-state index contributed by atoms with van der Waals surface area (Å²) in [4.78, 5) is 22.1. The number of H-pyrrole nitrogens is 1. The number of aromatic nitrogens is 2. The first-order valence-electron chi connectivity index (χ1n) is 10.2. The lowest BCUT2D eigenvalue weighted by Crippen LogP contribution is -2.25. The van der Waals surface area contributed by atoms with Gasteiger partial charge in [0.15, 0.2) is 0 Å². The molecule has 1 heterocycles. The molecule has 0 spiro atoms. The number of para-hydroxylation sites is 1. The molecule has 1 aromatic heterocycles. The third kappa shape index (κ3) is 4.93. The number of hydrogen-bond acceptors (Lipinski definition) is 4. The minimum Gasteiger partial charge on any atom is -0.489 e. The zero-order valence-electron chi connectivity index (χ0n) is 17.0. The van der Waals surface area contributed by atoms with Gasteiger partial charge in [0.25, 0.3) is 5.56 Å². The molecule has 0 bridgehead atoms. The monoisotopic (exact) mass is 399 g/mol. The molecule has 0 aliphatic rings. The summed E-state index contributed by atoms with van der Waals surface area (Å²) in [5.41, 5.74) is 2.93. The van der Waals surface area contributed by atoms with E-state index in [0.717, 1.165) is 35.5 Å². The highest BCUT2D eigenvalue weighted by molar-refractivity contribution is 5.77. The van der Waals surface area contributed by atoms with Gasteiger partial charge in [0.2, 0.25) is 0 Å². The van der Waals surface area contributed by atoms with Gasteiger partial charge in [0.1, 0.15) is 18.2 Å². The summed E-state index contributed by atoms with van der Waals surface area (Å²) in [6.07, 6.45) is 0. The Balaban J connectivity index is 1.44. The molecule has 0 aliphatic carbocycles. The van der Waals surface area contributed by atoms with Gasteiger partial charge in [-0.15, -0.1) is 0 Å². The number of fused-ring (bicyclic) bond motifs is 1. The smallest absolute Gasteiger partial charge is 0.258 e. The molecular weight excluding hydrogens is 374 g/mol. The maximum atomic E-state index is 12.3. The second kappa shape index (κ2) is 9.37. The van der Waals surface area contributed by atoms with Crippen LogP contribution in [0.25, 0.3) is 10.9 Å². The van der Waals surface area contributed by atoms with Crippen LogP contribution in [0.3, 0.4) is 0 Å². The zero-order valence-corrected chi connectivity index (χ0v) is 17.0. The third-order valence-electron chi connectivity index (χ3n) is 5.04. The van der Waals surface area contributed by atoms with Crippen LogP contribution in [-0.4, -0.2) is 21.4 Å². The van der Waals surface area contributed by atoms with E-state index in [1.165, 1.54) is 0 Å². The van der Waals surface area contributed by atoms with Gasteiger partial charge in [0.05, 0.1) is 17.4 Å². The van der Waals surface area contributed by atoms with Crippen LogP contribution in [0.2, 0.25) is 0 Å². The average molecular weight is 399 g/mol. The molecule has 0 saturated carbocycles. The lowest BCUT2D eigenvalue weighted by molar-refractivity contribution is 0.263. The van der Waals surface area contributed by atoms with Gasteiger partial charge >= 0.3 is 0 Å². The highest BCUT2D eigenvalue weighted by Gasteiger charge is 2.10. The van der Waals surface area contributed by atoms with Crippen LogP contribution in [0.5, 0.6) is 5.75 Å². The summed E-state index contributed by atoms with van der Waals surface area (Å²) < 4.78 is 5.95. The van der Waals surface area contributed by atoms with Crippen molar-refractivity contribution in [3.05, 3.63) is 106 Å². The van der Waals surface area contributed by atoms with Gasteiger partial charge in [0, 0.05) is 6.54 Å². The molecule has 152 valence electrons. The molecule has 0 amide bonds. The van der Waals surface area contributed by atoms with E-state index in [1.807, 2.05) is 48.5 Å². The van der Waals surface area contributed by atoms with E-state index in [4.69, 9.17) is 4.74 Å². The Morgan fingerprint density at radius 1 is 0.900 bits per heavy atom. The maximum Gasteiger partial charge on any atom is 0.258 e. The van der Waals surface area contributed by atoms with E-state index in [1.54, 1.807) is 6.07 Å². The van der Waals surface area contributed by atoms with Gasteiger partial charge < -0.3 is 9.72 Å². The lowest BCUT2D eigenvalue weighted by atomic mass is 10.2. The molecule has 0 saturated heterocycles. The Hall–Kier alpha value is -3.44. The number of ether oxygens (including phenoxy) is 1. The Kier molecular flexibility index (Phi) is 6.20. The number of nitrogens with zero attached hydrogens (tertiary/aromatic N) is 2. The van der Waals surface area contributed by atoms with E-state index < -0.39 is 0 Å². The Morgan fingerprint density at radius 2 is 1.67 bits per heavy atom. The number of nitrogens with one attached hydrogen (secondary N) is 1. The SMILES string of the molecule is CCN(Cc1cccc(OCc2ccccc2)c1)Cc1nc2ccccc2c(=O)[nH]1. The van der Waals surface area contributed by atoms with Crippen molar-refractivity contribution in [2.75, 3.05) is 6.54 Å². The largest absolute Gasteiger partial charge is 0.489 e. The van der Waals surface area contributed by atoms with Crippen molar-refractivity contribution < 1.29 is 4.74 Å². The summed E-state index contributed by atoms with van der Waals surface area (Å²) in [5.74, 6) is 1.53. The molecule has 0 radical (unpaired) electrons. The first-order valence-corrected chi connectivity index (χ1v) is 10.2. The summed E-state index contributed by atoms with van der Waals surface area (Å²) in [6, 6.07) is 25.7. The molecule has 0 aliphatic heterocycles. The third-order valence-corrected chi connectivity index (χ3v) is 5.04. The topological polar surface area (TPSA) is 58.2 Å². The molecule has 0 atom stereocenters. The molecule has 4 aromatic rings. The molecule has 1 N–H and O–H groups in total. The molecule has 3 aromatic carbocycles. The first-order chi connectivity index (χ1) is 14.7. The minimum atomic E-state index is -0.0945. The molecule has 5 nitrogen and oxygen atoms in total. The summed E-state index contributed by atoms with van der Waals surface area (Å²) >= 11 is 0. The predicted octanol–water partition coefficient (Wildman–Crippen LogP) is 4.52. The molecule has 5 heteroatoms. The van der Waals surface area contributed by atoms with Crippen molar-refractivity contribution in [2.24, 2.45) is 0 Å². The van der Waals surface area contributed by atoms with Crippen molar-refractivity contribution in [1.82, 2.24) is 14.9 Å². The summed E-state index contributed by atoms with van der Waals surface area (Å²) in [5, 5.41) is 0.618. The fraction of sp³-hybridized carbons (Fsp3) is 0.200. The fourth-order valence-electron chi connectivity index (χ4n) is 3.43. The second-order valence-electron chi connectivity index (χ2n) is 7.25. The van der Waals surface area contributed by atoms with Crippen LogP contribution in [0, 0.1) is 0 Å². The highest BCUT2D eigenvalue weighted by Crippen LogP contribution is 2.17. The Labute approximate surface area is 176 Å². The summed E-state index contributed by atoms with van der Waals surface area (Å²) in [6.45, 7) is 4.81. The van der Waals surface area contributed by atoms with Crippen LogP contribution in [0.4, 0.5) is 0 Å². The Bertz CT molecular complexity index is 1170.